The molecule has 0 radical (unpaired) electrons. The second-order valence-electron chi connectivity index (χ2n) is 7.25. The van der Waals surface area contributed by atoms with Gasteiger partial charge >= 0.3 is 0 Å². The summed E-state index contributed by atoms with van der Waals surface area (Å²) >= 11 is 0. The smallest absolute Gasteiger partial charge is 0.193 e. The zero-order chi connectivity index (χ0) is 20.7. The van der Waals surface area contributed by atoms with Crippen LogP contribution in [0.1, 0.15) is 15.9 Å². The molecule has 0 spiro atoms. The third kappa shape index (κ3) is 2.79. The highest BCUT2D eigenvalue weighted by molar-refractivity contribution is 6.23. The summed E-state index contributed by atoms with van der Waals surface area (Å²) in [5.74, 6) is 1.10. The molecule has 5 rings (SSSR count). The lowest BCUT2D eigenvalue weighted by Crippen LogP contribution is -2.03. The third-order valence-electron chi connectivity index (χ3n) is 5.67. The van der Waals surface area contributed by atoms with Gasteiger partial charge < -0.3 is 9.47 Å². The van der Waals surface area contributed by atoms with Gasteiger partial charge in [0.05, 0.1) is 14.2 Å². The molecule has 0 heterocycles. The van der Waals surface area contributed by atoms with E-state index in [-0.39, 0.29) is 5.78 Å². The fourth-order valence-corrected chi connectivity index (χ4v) is 4.19. The van der Waals surface area contributed by atoms with Gasteiger partial charge in [-0.15, -0.1) is 0 Å². The summed E-state index contributed by atoms with van der Waals surface area (Å²) in [5.41, 5.74) is 1.24. The Hall–Kier alpha value is -3.85. The van der Waals surface area contributed by atoms with Crippen molar-refractivity contribution in [3.8, 4) is 11.5 Å². The molecular formula is C27H20O3. The van der Waals surface area contributed by atoms with E-state index in [1.165, 1.54) is 16.2 Å². The average molecular weight is 392 g/mol. The summed E-state index contributed by atoms with van der Waals surface area (Å²) in [5, 5.41) is 6.78. The molecular weight excluding hydrogens is 372 g/mol. The molecule has 5 aromatic carbocycles. The number of methoxy groups -OCH3 is 2. The van der Waals surface area contributed by atoms with Crippen molar-refractivity contribution in [1.29, 1.82) is 0 Å². The van der Waals surface area contributed by atoms with Crippen LogP contribution in [-0.4, -0.2) is 20.0 Å². The van der Waals surface area contributed by atoms with Crippen LogP contribution in [0.5, 0.6) is 11.5 Å². The molecule has 0 N–H and O–H groups in total. The first-order valence-corrected chi connectivity index (χ1v) is 9.81. The molecule has 30 heavy (non-hydrogen) atoms. The van der Waals surface area contributed by atoms with E-state index < -0.39 is 0 Å². The standard InChI is InChI=1S/C27H20O3/c1-29-25-15-11-18(16-26(25)30-2)27(28)24-9-5-8-20-22-12-10-17-6-3-4-7-19(17)21(22)13-14-23(20)24/h3-16H,1-2H3. The van der Waals surface area contributed by atoms with Crippen molar-refractivity contribution >= 4 is 38.1 Å². The van der Waals surface area contributed by atoms with Crippen molar-refractivity contribution < 1.29 is 14.3 Å². The fourth-order valence-electron chi connectivity index (χ4n) is 4.19. The summed E-state index contributed by atoms with van der Waals surface area (Å²) in [6, 6.07) is 28.0. The second kappa shape index (κ2) is 7.20. The highest BCUT2D eigenvalue weighted by Gasteiger charge is 2.16. The van der Waals surface area contributed by atoms with E-state index >= 15 is 0 Å². The van der Waals surface area contributed by atoms with E-state index in [2.05, 4.69) is 54.6 Å². The number of fused-ring (bicyclic) bond motifs is 5. The van der Waals surface area contributed by atoms with Crippen LogP contribution in [0.25, 0.3) is 32.3 Å². The molecule has 0 aromatic heterocycles. The largest absolute Gasteiger partial charge is 0.493 e. The number of carbonyl (C=O) groups excluding carboxylic acids is 1. The molecule has 3 nitrogen and oxygen atoms in total. The monoisotopic (exact) mass is 392 g/mol. The van der Waals surface area contributed by atoms with Crippen molar-refractivity contribution in [2.24, 2.45) is 0 Å². The van der Waals surface area contributed by atoms with Crippen molar-refractivity contribution in [1.82, 2.24) is 0 Å². The molecule has 0 fully saturated rings. The Morgan fingerprint density at radius 3 is 2.10 bits per heavy atom. The maximum Gasteiger partial charge on any atom is 0.193 e. The molecule has 0 unspecified atom stereocenters. The van der Waals surface area contributed by atoms with Gasteiger partial charge in [-0.1, -0.05) is 66.7 Å². The normalized spacial score (nSPS) is 11.1. The number of ketones is 1. The van der Waals surface area contributed by atoms with Gasteiger partial charge in [-0.05, 0) is 50.5 Å². The van der Waals surface area contributed by atoms with E-state index in [0.29, 0.717) is 22.6 Å². The van der Waals surface area contributed by atoms with E-state index in [9.17, 15) is 4.79 Å². The summed E-state index contributed by atoms with van der Waals surface area (Å²) in [6.07, 6.45) is 0. The quantitative estimate of drug-likeness (QED) is 0.262. The lowest BCUT2D eigenvalue weighted by molar-refractivity contribution is 0.104. The number of hydrogen-bond donors (Lipinski definition) is 0. The molecule has 0 amide bonds. The number of rotatable bonds is 4. The van der Waals surface area contributed by atoms with E-state index in [0.717, 1.165) is 16.2 Å². The zero-order valence-electron chi connectivity index (χ0n) is 16.8. The van der Waals surface area contributed by atoms with Crippen LogP contribution >= 0.6 is 0 Å². The van der Waals surface area contributed by atoms with Crippen LogP contribution in [0.3, 0.4) is 0 Å². The van der Waals surface area contributed by atoms with E-state index in [1.807, 2.05) is 12.1 Å². The summed E-state index contributed by atoms with van der Waals surface area (Å²) in [7, 11) is 3.15. The lowest BCUT2D eigenvalue weighted by atomic mass is 9.92. The Morgan fingerprint density at radius 1 is 0.600 bits per heavy atom. The van der Waals surface area contributed by atoms with Crippen molar-refractivity contribution in [3.63, 3.8) is 0 Å². The van der Waals surface area contributed by atoms with E-state index in [1.54, 1.807) is 32.4 Å². The molecule has 0 bridgehead atoms. The van der Waals surface area contributed by atoms with Crippen LogP contribution < -0.4 is 9.47 Å². The summed E-state index contributed by atoms with van der Waals surface area (Å²) in [4.78, 5) is 13.4. The maximum atomic E-state index is 13.4. The molecule has 0 aliphatic rings. The second-order valence-corrected chi connectivity index (χ2v) is 7.25. The van der Waals surface area contributed by atoms with E-state index in [4.69, 9.17) is 9.47 Å². The molecule has 0 atom stereocenters. The molecule has 3 heteroatoms. The first kappa shape index (κ1) is 18.2. The van der Waals surface area contributed by atoms with Crippen LogP contribution in [0, 0.1) is 0 Å². The lowest BCUT2D eigenvalue weighted by Gasteiger charge is -2.12. The Balaban J connectivity index is 1.71. The Labute approximate surface area is 174 Å². The van der Waals surface area contributed by atoms with Crippen molar-refractivity contribution in [3.05, 3.63) is 96.1 Å². The minimum atomic E-state index is -0.0401. The number of benzene rings is 5. The predicted octanol–water partition coefficient (Wildman–Crippen LogP) is 6.39. The minimum absolute atomic E-state index is 0.0401. The molecule has 146 valence electrons. The van der Waals surface area contributed by atoms with Crippen LogP contribution in [0.2, 0.25) is 0 Å². The minimum Gasteiger partial charge on any atom is -0.493 e. The molecule has 0 aliphatic heterocycles. The van der Waals surface area contributed by atoms with Gasteiger partial charge in [0.1, 0.15) is 0 Å². The molecule has 0 saturated heterocycles. The van der Waals surface area contributed by atoms with Gasteiger partial charge in [0.15, 0.2) is 17.3 Å². The third-order valence-corrected chi connectivity index (χ3v) is 5.67. The Kier molecular flexibility index (Phi) is 4.36. The summed E-state index contributed by atoms with van der Waals surface area (Å²) in [6.45, 7) is 0. The van der Waals surface area contributed by atoms with Gasteiger partial charge in [-0.3, -0.25) is 4.79 Å². The number of hydrogen-bond acceptors (Lipinski definition) is 3. The SMILES string of the molecule is COc1ccc(C(=O)c2cccc3c2ccc2c4ccccc4ccc32)cc1OC. The van der Waals surface area contributed by atoms with Crippen LogP contribution in [-0.2, 0) is 0 Å². The Bertz CT molecular complexity index is 1430. The number of ether oxygens (including phenoxy) is 2. The topological polar surface area (TPSA) is 35.5 Å². The van der Waals surface area contributed by atoms with Crippen molar-refractivity contribution in [2.45, 2.75) is 0 Å². The molecule has 0 saturated carbocycles. The first-order valence-electron chi connectivity index (χ1n) is 9.81. The summed E-state index contributed by atoms with van der Waals surface area (Å²) < 4.78 is 10.7. The van der Waals surface area contributed by atoms with Crippen LogP contribution in [0.4, 0.5) is 0 Å². The maximum absolute atomic E-state index is 13.4. The zero-order valence-corrected chi connectivity index (χ0v) is 16.8. The fraction of sp³-hybridized carbons (Fsp3) is 0.0741. The molecule has 5 aromatic rings. The average Bonchev–Trinajstić information content (AvgIpc) is 2.82. The Morgan fingerprint density at radius 2 is 1.27 bits per heavy atom. The van der Waals surface area contributed by atoms with Gasteiger partial charge in [0.2, 0.25) is 0 Å². The van der Waals surface area contributed by atoms with Gasteiger partial charge in [-0.2, -0.15) is 0 Å². The molecule has 0 aliphatic carbocycles. The highest BCUT2D eigenvalue weighted by Crippen LogP contribution is 2.34. The van der Waals surface area contributed by atoms with Gasteiger partial charge in [0, 0.05) is 11.1 Å². The predicted molar refractivity (Wildman–Crippen MR) is 122 cm³/mol. The number of carbonyl (C=O) groups is 1. The van der Waals surface area contributed by atoms with Gasteiger partial charge in [0.25, 0.3) is 0 Å². The first-order chi connectivity index (χ1) is 14.7. The van der Waals surface area contributed by atoms with Crippen molar-refractivity contribution in [2.75, 3.05) is 14.2 Å². The highest BCUT2D eigenvalue weighted by atomic mass is 16.5. The van der Waals surface area contributed by atoms with Crippen LogP contribution in [0.15, 0.2) is 84.9 Å². The van der Waals surface area contributed by atoms with Gasteiger partial charge in [-0.25, -0.2) is 0 Å².